The first kappa shape index (κ1) is 20.6. The summed E-state index contributed by atoms with van der Waals surface area (Å²) in [5.41, 5.74) is 5.96. The summed E-state index contributed by atoms with van der Waals surface area (Å²) in [6.45, 7) is 8.66. The van der Waals surface area contributed by atoms with Crippen molar-refractivity contribution in [1.29, 1.82) is 0 Å². The van der Waals surface area contributed by atoms with Crippen LogP contribution >= 0.6 is 0 Å². The van der Waals surface area contributed by atoms with Crippen molar-refractivity contribution >= 4 is 6.09 Å². The van der Waals surface area contributed by atoms with E-state index >= 15 is 0 Å². The van der Waals surface area contributed by atoms with Gasteiger partial charge in [-0.25, -0.2) is 18.9 Å². The summed E-state index contributed by atoms with van der Waals surface area (Å²) in [4.78, 5) is 15.0. The number of aromatic nitrogens is 3. The zero-order chi connectivity index (χ0) is 18.9. The minimum absolute atomic E-state index is 0.334. The van der Waals surface area contributed by atoms with Gasteiger partial charge in [0.05, 0.1) is 12.4 Å². The summed E-state index contributed by atoms with van der Waals surface area (Å²) in [6.07, 6.45) is 4.65. The summed E-state index contributed by atoms with van der Waals surface area (Å²) >= 11 is 0. The van der Waals surface area contributed by atoms with E-state index in [1.54, 1.807) is 12.3 Å². The monoisotopic (exact) mass is 351 g/mol. The number of nitrogens with two attached hydrogens (primary N) is 1. The van der Waals surface area contributed by atoms with E-state index in [0.717, 1.165) is 18.2 Å². The molecule has 138 valence electrons. The molecule has 1 amide bonds. The van der Waals surface area contributed by atoms with Crippen molar-refractivity contribution in [2.75, 3.05) is 6.54 Å². The first-order chi connectivity index (χ1) is 11.7. The van der Waals surface area contributed by atoms with E-state index < -0.39 is 5.60 Å². The molecule has 0 unspecified atom stereocenters. The average molecular weight is 351 g/mol. The second kappa shape index (κ2) is 9.73. The number of nitrogens with one attached hydrogen (secondary N) is 1. The summed E-state index contributed by atoms with van der Waals surface area (Å²) in [5.74, 6) is 0.195. The van der Waals surface area contributed by atoms with Crippen molar-refractivity contribution < 1.29 is 13.9 Å². The predicted octanol–water partition coefficient (Wildman–Crippen LogP) is 2.79. The Morgan fingerprint density at radius 3 is 2.52 bits per heavy atom. The number of rotatable bonds is 4. The fraction of sp³-hybridized carbons (Fsp3) is 0.471. The second-order valence-corrected chi connectivity index (χ2v) is 6.26. The molecule has 0 fully saturated rings. The molecule has 0 radical (unpaired) electrons. The number of pyridine rings is 1. The largest absolute Gasteiger partial charge is 0.444 e. The molecule has 2 heterocycles. The highest BCUT2D eigenvalue weighted by Gasteiger charge is 2.14. The lowest BCUT2D eigenvalue weighted by Gasteiger charge is -2.19. The maximum absolute atomic E-state index is 12.6. The lowest BCUT2D eigenvalue weighted by Crippen LogP contribution is -2.32. The quantitative estimate of drug-likeness (QED) is 0.883. The number of halogens is 1. The molecule has 0 aromatic carbocycles. The summed E-state index contributed by atoms with van der Waals surface area (Å²) in [5, 5.41) is 6.42. The summed E-state index contributed by atoms with van der Waals surface area (Å²) in [6, 6.07) is 3.58. The van der Waals surface area contributed by atoms with Gasteiger partial charge in [-0.2, -0.15) is 5.10 Å². The van der Waals surface area contributed by atoms with Crippen molar-refractivity contribution in [2.24, 2.45) is 5.73 Å². The Kier molecular flexibility index (Phi) is 8.00. The predicted molar refractivity (Wildman–Crippen MR) is 93.7 cm³/mol. The zero-order valence-electron chi connectivity index (χ0n) is 15.1. The first-order valence-corrected chi connectivity index (χ1v) is 8.07. The maximum atomic E-state index is 12.6. The van der Waals surface area contributed by atoms with E-state index in [4.69, 9.17) is 10.5 Å². The van der Waals surface area contributed by atoms with E-state index in [2.05, 4.69) is 15.4 Å². The Hall–Kier alpha value is -2.48. The van der Waals surface area contributed by atoms with Crippen LogP contribution in [0, 0.1) is 5.82 Å². The van der Waals surface area contributed by atoms with Crippen LogP contribution in [0.2, 0.25) is 0 Å². The topological polar surface area (TPSA) is 95.1 Å². The van der Waals surface area contributed by atoms with Crippen molar-refractivity contribution in [3.63, 3.8) is 0 Å². The van der Waals surface area contributed by atoms with Crippen molar-refractivity contribution in [3.05, 3.63) is 42.1 Å². The molecule has 0 aliphatic heterocycles. The van der Waals surface area contributed by atoms with Gasteiger partial charge in [-0.1, -0.05) is 13.0 Å². The Balaban J connectivity index is 0.000000260. The molecule has 0 aliphatic rings. The van der Waals surface area contributed by atoms with Crippen LogP contribution in [-0.4, -0.2) is 33.0 Å². The first-order valence-electron chi connectivity index (χ1n) is 8.07. The van der Waals surface area contributed by atoms with E-state index in [9.17, 15) is 9.18 Å². The van der Waals surface area contributed by atoms with E-state index in [0.29, 0.717) is 18.9 Å². The lowest BCUT2D eigenvalue weighted by atomic mass is 10.2. The van der Waals surface area contributed by atoms with Crippen LogP contribution in [0.15, 0.2) is 30.7 Å². The normalized spacial score (nSPS) is 10.6. The second-order valence-electron chi connectivity index (χ2n) is 6.26. The standard InChI is InChI=1S/C9H9FN4.C8H17NO2/c10-8-5-13-14(6-8)9-2-1-7(3-11)4-12-9;1-5-6-9-7(10)11-8(2,3)4/h1-2,4-6H,3,11H2;5-6H2,1-4H3,(H,9,10). The number of nitrogens with zero attached hydrogens (tertiary/aromatic N) is 3. The van der Waals surface area contributed by atoms with Gasteiger partial charge in [-0.15, -0.1) is 0 Å². The van der Waals surface area contributed by atoms with Crippen LogP contribution in [0.4, 0.5) is 9.18 Å². The van der Waals surface area contributed by atoms with Crippen LogP contribution in [0.3, 0.4) is 0 Å². The molecule has 0 bridgehead atoms. The van der Waals surface area contributed by atoms with E-state index in [-0.39, 0.29) is 11.9 Å². The number of hydrogen-bond donors (Lipinski definition) is 2. The van der Waals surface area contributed by atoms with Crippen LogP contribution in [0.1, 0.15) is 39.7 Å². The van der Waals surface area contributed by atoms with Crippen LogP contribution in [-0.2, 0) is 11.3 Å². The third-order valence-electron chi connectivity index (χ3n) is 2.75. The molecule has 0 atom stereocenters. The molecule has 0 aliphatic carbocycles. The Labute approximate surface area is 147 Å². The average Bonchev–Trinajstić information content (AvgIpc) is 2.98. The van der Waals surface area contributed by atoms with Crippen LogP contribution in [0.5, 0.6) is 0 Å². The Bertz CT molecular complexity index is 650. The molecule has 3 N–H and O–H groups in total. The van der Waals surface area contributed by atoms with Crippen molar-refractivity contribution in [2.45, 2.75) is 46.3 Å². The van der Waals surface area contributed by atoms with Gasteiger partial charge in [0.1, 0.15) is 5.60 Å². The molecule has 2 rings (SSSR count). The fourth-order valence-electron chi connectivity index (χ4n) is 1.64. The Morgan fingerprint density at radius 1 is 1.36 bits per heavy atom. The maximum Gasteiger partial charge on any atom is 0.407 e. The molecule has 7 nitrogen and oxygen atoms in total. The highest BCUT2D eigenvalue weighted by Crippen LogP contribution is 2.06. The minimum Gasteiger partial charge on any atom is -0.444 e. The number of ether oxygens (including phenoxy) is 1. The molecular weight excluding hydrogens is 325 g/mol. The van der Waals surface area contributed by atoms with Gasteiger partial charge < -0.3 is 15.8 Å². The molecule has 0 saturated heterocycles. The van der Waals surface area contributed by atoms with Gasteiger partial charge in [0, 0.05) is 19.3 Å². The molecule has 8 heteroatoms. The minimum atomic E-state index is -0.391. The number of carbonyl (C=O) groups excluding carboxylic acids is 1. The highest BCUT2D eigenvalue weighted by molar-refractivity contribution is 5.67. The van der Waals surface area contributed by atoms with Gasteiger partial charge in [-0.3, -0.25) is 0 Å². The van der Waals surface area contributed by atoms with Gasteiger partial charge in [0.15, 0.2) is 11.6 Å². The van der Waals surface area contributed by atoms with Gasteiger partial charge in [0.25, 0.3) is 0 Å². The smallest absolute Gasteiger partial charge is 0.407 e. The summed E-state index contributed by atoms with van der Waals surface area (Å²) in [7, 11) is 0. The van der Waals surface area contributed by atoms with Crippen molar-refractivity contribution in [3.8, 4) is 5.82 Å². The van der Waals surface area contributed by atoms with E-state index in [1.807, 2.05) is 33.8 Å². The van der Waals surface area contributed by atoms with Crippen LogP contribution in [0.25, 0.3) is 5.82 Å². The van der Waals surface area contributed by atoms with Gasteiger partial charge in [-0.05, 0) is 38.8 Å². The number of amides is 1. The molecular formula is C17H26FN5O2. The van der Waals surface area contributed by atoms with Crippen LogP contribution < -0.4 is 11.1 Å². The molecule has 2 aromatic rings. The van der Waals surface area contributed by atoms with Gasteiger partial charge >= 0.3 is 6.09 Å². The highest BCUT2D eigenvalue weighted by atomic mass is 19.1. The van der Waals surface area contributed by atoms with Gasteiger partial charge in [0.2, 0.25) is 0 Å². The zero-order valence-corrected chi connectivity index (χ0v) is 15.1. The number of carbonyl (C=O) groups is 1. The van der Waals surface area contributed by atoms with Crippen molar-refractivity contribution in [1.82, 2.24) is 20.1 Å². The lowest BCUT2D eigenvalue weighted by molar-refractivity contribution is 0.0528. The number of alkyl carbamates (subject to hydrolysis) is 1. The SMILES string of the molecule is CCCNC(=O)OC(C)(C)C.NCc1ccc(-n2cc(F)cn2)nc1. The van der Waals surface area contributed by atoms with E-state index in [1.165, 1.54) is 10.9 Å². The number of hydrogen-bond acceptors (Lipinski definition) is 5. The molecule has 0 spiro atoms. The summed E-state index contributed by atoms with van der Waals surface area (Å²) < 4.78 is 19.0. The molecule has 25 heavy (non-hydrogen) atoms. The third kappa shape index (κ3) is 8.25. The molecule has 0 saturated carbocycles. The Morgan fingerprint density at radius 2 is 2.08 bits per heavy atom. The molecule has 2 aromatic heterocycles. The third-order valence-corrected chi connectivity index (χ3v) is 2.75. The fourth-order valence-corrected chi connectivity index (χ4v) is 1.64.